The Labute approximate surface area is 118 Å². The average Bonchev–Trinajstić information content (AvgIpc) is 3.14. The van der Waals surface area contributed by atoms with Gasteiger partial charge in [0.25, 0.3) is 0 Å². The van der Waals surface area contributed by atoms with E-state index in [0.717, 1.165) is 35.9 Å². The van der Waals surface area contributed by atoms with E-state index in [1.54, 1.807) is 0 Å². The number of carbonyl (C=O) groups is 1. The molecule has 0 aliphatic carbocycles. The summed E-state index contributed by atoms with van der Waals surface area (Å²) in [6.07, 6.45) is 2.02. The standard InChI is InChI=1S/C12H12N2O3S2/c15-12(17-7-8-3-1-5-16-8)11-10(13-14-19-11)9-4-2-6-18-9/h2,4,6,8H,1,3,5,7H2. The van der Waals surface area contributed by atoms with Gasteiger partial charge >= 0.3 is 5.97 Å². The molecule has 1 atom stereocenters. The van der Waals surface area contributed by atoms with Gasteiger partial charge in [-0.25, -0.2) is 4.79 Å². The largest absolute Gasteiger partial charge is 0.459 e. The van der Waals surface area contributed by atoms with Gasteiger partial charge in [0, 0.05) is 6.61 Å². The lowest BCUT2D eigenvalue weighted by molar-refractivity contribution is 0.0166. The fraction of sp³-hybridized carbons (Fsp3) is 0.417. The monoisotopic (exact) mass is 296 g/mol. The number of rotatable bonds is 4. The molecule has 0 spiro atoms. The van der Waals surface area contributed by atoms with Gasteiger partial charge in [0.1, 0.15) is 12.3 Å². The molecule has 2 aromatic heterocycles. The molecule has 1 fully saturated rings. The summed E-state index contributed by atoms with van der Waals surface area (Å²) >= 11 is 2.60. The number of thiophene rings is 1. The van der Waals surface area contributed by atoms with Crippen molar-refractivity contribution in [3.8, 4) is 10.6 Å². The van der Waals surface area contributed by atoms with E-state index < -0.39 is 0 Å². The van der Waals surface area contributed by atoms with E-state index in [9.17, 15) is 4.79 Å². The second kappa shape index (κ2) is 5.77. The Morgan fingerprint density at radius 1 is 1.58 bits per heavy atom. The lowest BCUT2D eigenvalue weighted by Gasteiger charge is -2.09. The van der Waals surface area contributed by atoms with Gasteiger partial charge in [-0.2, -0.15) is 0 Å². The molecule has 0 amide bonds. The summed E-state index contributed by atoms with van der Waals surface area (Å²) in [7, 11) is 0. The molecule has 19 heavy (non-hydrogen) atoms. The van der Waals surface area contributed by atoms with Crippen LogP contribution in [0.5, 0.6) is 0 Å². The number of nitrogens with zero attached hydrogens (tertiary/aromatic N) is 2. The molecule has 3 rings (SSSR count). The number of esters is 1. The van der Waals surface area contributed by atoms with Crippen LogP contribution in [0.2, 0.25) is 0 Å². The molecule has 1 aliphatic heterocycles. The molecule has 0 N–H and O–H groups in total. The summed E-state index contributed by atoms with van der Waals surface area (Å²) in [5.74, 6) is -0.367. The fourth-order valence-corrected chi connectivity index (χ4v) is 3.26. The summed E-state index contributed by atoms with van der Waals surface area (Å²) in [5, 5.41) is 5.95. The van der Waals surface area contributed by atoms with E-state index in [4.69, 9.17) is 9.47 Å². The minimum absolute atomic E-state index is 0.0371. The van der Waals surface area contributed by atoms with E-state index in [0.29, 0.717) is 17.2 Å². The smallest absolute Gasteiger partial charge is 0.352 e. The highest BCUT2D eigenvalue weighted by atomic mass is 32.1. The quantitative estimate of drug-likeness (QED) is 0.812. The van der Waals surface area contributed by atoms with Crippen molar-refractivity contribution in [2.75, 3.05) is 13.2 Å². The highest BCUT2D eigenvalue weighted by Crippen LogP contribution is 2.28. The third-order valence-corrected chi connectivity index (χ3v) is 4.43. The van der Waals surface area contributed by atoms with Crippen molar-refractivity contribution in [2.45, 2.75) is 18.9 Å². The van der Waals surface area contributed by atoms with Crippen LogP contribution in [0.15, 0.2) is 17.5 Å². The maximum atomic E-state index is 12.0. The van der Waals surface area contributed by atoms with Crippen molar-refractivity contribution in [3.63, 3.8) is 0 Å². The first-order valence-electron chi connectivity index (χ1n) is 5.99. The molecule has 0 bridgehead atoms. The maximum Gasteiger partial charge on any atom is 0.352 e. The molecule has 100 valence electrons. The predicted molar refractivity (Wildman–Crippen MR) is 72.5 cm³/mol. The third kappa shape index (κ3) is 2.83. The van der Waals surface area contributed by atoms with Gasteiger partial charge in [0.15, 0.2) is 4.88 Å². The van der Waals surface area contributed by atoms with Crippen LogP contribution in [-0.4, -0.2) is 34.9 Å². The number of hydrogen-bond acceptors (Lipinski definition) is 7. The van der Waals surface area contributed by atoms with Gasteiger partial charge in [0.2, 0.25) is 0 Å². The fourth-order valence-electron chi connectivity index (χ4n) is 1.91. The summed E-state index contributed by atoms with van der Waals surface area (Å²) < 4.78 is 14.5. The zero-order valence-corrected chi connectivity index (χ0v) is 11.7. The van der Waals surface area contributed by atoms with E-state index in [-0.39, 0.29) is 12.1 Å². The summed E-state index contributed by atoms with van der Waals surface area (Å²) in [6, 6.07) is 3.83. The van der Waals surface area contributed by atoms with E-state index >= 15 is 0 Å². The lowest BCUT2D eigenvalue weighted by atomic mass is 10.2. The number of aromatic nitrogens is 2. The Bertz CT molecular complexity index is 547. The van der Waals surface area contributed by atoms with Gasteiger partial charge in [-0.15, -0.1) is 16.4 Å². The molecule has 1 saturated heterocycles. The van der Waals surface area contributed by atoms with Gasteiger partial charge in [-0.1, -0.05) is 10.6 Å². The molecular formula is C12H12N2O3S2. The van der Waals surface area contributed by atoms with Crippen molar-refractivity contribution in [3.05, 3.63) is 22.4 Å². The van der Waals surface area contributed by atoms with Crippen molar-refractivity contribution in [1.82, 2.24) is 9.59 Å². The molecule has 0 aromatic carbocycles. The first-order valence-corrected chi connectivity index (χ1v) is 7.65. The third-order valence-electron chi connectivity index (χ3n) is 2.85. The van der Waals surface area contributed by atoms with Crippen molar-refractivity contribution < 1.29 is 14.3 Å². The van der Waals surface area contributed by atoms with Gasteiger partial charge in [0.05, 0.1) is 11.0 Å². The van der Waals surface area contributed by atoms with Crippen LogP contribution in [0.3, 0.4) is 0 Å². The van der Waals surface area contributed by atoms with Crippen LogP contribution in [0.4, 0.5) is 0 Å². The number of carbonyl (C=O) groups excluding carboxylic acids is 1. The van der Waals surface area contributed by atoms with Crippen molar-refractivity contribution in [2.24, 2.45) is 0 Å². The van der Waals surface area contributed by atoms with Crippen LogP contribution in [0.25, 0.3) is 10.6 Å². The zero-order valence-electron chi connectivity index (χ0n) is 10.1. The van der Waals surface area contributed by atoms with E-state index in [1.165, 1.54) is 11.3 Å². The average molecular weight is 296 g/mol. The Hall–Kier alpha value is -1.31. The summed E-state index contributed by atoms with van der Waals surface area (Å²) in [4.78, 5) is 13.4. The molecule has 5 nitrogen and oxygen atoms in total. The number of ether oxygens (including phenoxy) is 2. The Morgan fingerprint density at radius 3 is 3.26 bits per heavy atom. The first-order chi connectivity index (χ1) is 9.34. The molecule has 0 radical (unpaired) electrons. The van der Waals surface area contributed by atoms with Crippen molar-refractivity contribution in [1.29, 1.82) is 0 Å². The van der Waals surface area contributed by atoms with Crippen LogP contribution in [-0.2, 0) is 9.47 Å². The van der Waals surface area contributed by atoms with Gasteiger partial charge < -0.3 is 9.47 Å². The molecule has 3 heterocycles. The highest BCUT2D eigenvalue weighted by molar-refractivity contribution is 7.14. The van der Waals surface area contributed by atoms with E-state index in [2.05, 4.69) is 9.59 Å². The molecule has 2 aromatic rings. The second-order valence-corrected chi connectivity index (χ2v) is 5.86. The second-order valence-electron chi connectivity index (χ2n) is 4.16. The van der Waals surface area contributed by atoms with Gasteiger partial charge in [-0.05, 0) is 35.8 Å². The minimum atomic E-state index is -0.367. The summed E-state index contributed by atoms with van der Waals surface area (Å²) in [6.45, 7) is 1.06. The Balaban J connectivity index is 1.68. The topological polar surface area (TPSA) is 61.3 Å². The van der Waals surface area contributed by atoms with Crippen LogP contribution in [0.1, 0.15) is 22.5 Å². The summed E-state index contributed by atoms with van der Waals surface area (Å²) in [5.41, 5.74) is 0.609. The Morgan fingerprint density at radius 2 is 2.53 bits per heavy atom. The SMILES string of the molecule is O=C(OCC1CCCO1)c1snnc1-c1cccs1. The Kier molecular flexibility index (Phi) is 3.86. The van der Waals surface area contributed by atoms with Crippen LogP contribution >= 0.6 is 22.9 Å². The molecule has 0 saturated carbocycles. The van der Waals surface area contributed by atoms with Crippen molar-refractivity contribution >= 4 is 28.8 Å². The first kappa shape index (κ1) is 12.7. The normalized spacial score (nSPS) is 18.6. The minimum Gasteiger partial charge on any atom is -0.459 e. The predicted octanol–water partition coefficient (Wildman–Crippen LogP) is 2.60. The molecular weight excluding hydrogens is 284 g/mol. The molecule has 1 unspecified atom stereocenters. The van der Waals surface area contributed by atoms with E-state index in [1.807, 2.05) is 17.5 Å². The van der Waals surface area contributed by atoms with Gasteiger partial charge in [-0.3, -0.25) is 0 Å². The lowest BCUT2D eigenvalue weighted by Crippen LogP contribution is -2.17. The van der Waals surface area contributed by atoms with Crippen LogP contribution < -0.4 is 0 Å². The molecule has 7 heteroatoms. The highest BCUT2D eigenvalue weighted by Gasteiger charge is 2.22. The van der Waals surface area contributed by atoms with Crippen LogP contribution in [0, 0.1) is 0 Å². The maximum absolute atomic E-state index is 12.0. The number of hydrogen-bond donors (Lipinski definition) is 0. The zero-order chi connectivity index (χ0) is 13.1. The molecule has 1 aliphatic rings.